The Bertz CT molecular complexity index is 1830. The molecule has 0 spiro atoms. The van der Waals surface area contributed by atoms with Gasteiger partial charge in [0.2, 0.25) is 0 Å². The van der Waals surface area contributed by atoms with Crippen LogP contribution < -0.4 is 9.47 Å². The van der Waals surface area contributed by atoms with Gasteiger partial charge in [-0.1, -0.05) is 23.7 Å². The molecule has 0 saturated carbocycles. The molecule has 3 aromatic heterocycles. The number of imidazole rings is 2. The van der Waals surface area contributed by atoms with Gasteiger partial charge >= 0.3 is 5.97 Å². The summed E-state index contributed by atoms with van der Waals surface area (Å²) in [6.45, 7) is 7.81. The van der Waals surface area contributed by atoms with Gasteiger partial charge in [0, 0.05) is 39.0 Å². The van der Waals surface area contributed by atoms with Crippen molar-refractivity contribution in [1.29, 1.82) is 0 Å². The topological polar surface area (TPSA) is 108 Å². The Morgan fingerprint density at radius 1 is 1.12 bits per heavy atom. The van der Waals surface area contributed by atoms with Crippen molar-refractivity contribution in [3.05, 3.63) is 101 Å². The summed E-state index contributed by atoms with van der Waals surface area (Å²) in [6.07, 6.45) is 6.14. The number of fused-ring (bicyclic) bond motifs is 2. The Morgan fingerprint density at radius 3 is 2.74 bits per heavy atom. The molecule has 0 bridgehead atoms. The molecular weight excluding hydrogens is 568 g/mol. The molecule has 1 fully saturated rings. The number of aromatic nitrogens is 5. The number of carbonyl (C=O) groups is 1. The number of ether oxygens (including phenoxy) is 2. The van der Waals surface area contributed by atoms with E-state index in [0.717, 1.165) is 59.9 Å². The maximum absolute atomic E-state index is 11.7. The zero-order chi connectivity index (χ0) is 29.7. The fourth-order valence-corrected chi connectivity index (χ4v) is 6.18. The highest BCUT2D eigenvalue weighted by molar-refractivity contribution is 6.30. The lowest BCUT2D eigenvalue weighted by Gasteiger charge is -2.39. The smallest absolute Gasteiger partial charge is 0.335 e. The Kier molecular flexibility index (Phi) is 6.82. The quantitative estimate of drug-likeness (QED) is 0.241. The van der Waals surface area contributed by atoms with Gasteiger partial charge in [-0.25, -0.2) is 14.8 Å². The first-order chi connectivity index (χ1) is 20.8. The van der Waals surface area contributed by atoms with Crippen LogP contribution in [0.15, 0.2) is 67.3 Å². The molecule has 2 aliphatic rings. The van der Waals surface area contributed by atoms with E-state index in [4.69, 9.17) is 26.1 Å². The minimum atomic E-state index is -1.01. The number of carboxylic acids is 1. The van der Waals surface area contributed by atoms with Crippen LogP contribution in [0.1, 0.15) is 47.0 Å². The maximum Gasteiger partial charge on any atom is 0.335 e. The third kappa shape index (κ3) is 5.10. The minimum Gasteiger partial charge on any atom is -0.478 e. The van der Waals surface area contributed by atoms with Gasteiger partial charge in [-0.3, -0.25) is 9.88 Å². The van der Waals surface area contributed by atoms with E-state index in [1.54, 1.807) is 30.5 Å². The van der Waals surface area contributed by atoms with Crippen LogP contribution in [-0.4, -0.2) is 53.2 Å². The molecule has 10 nitrogen and oxygen atoms in total. The first kappa shape index (κ1) is 27.4. The molecule has 5 aromatic rings. The maximum atomic E-state index is 11.7. The molecule has 1 unspecified atom stereocenters. The molecule has 0 amide bonds. The molecule has 220 valence electrons. The van der Waals surface area contributed by atoms with Crippen molar-refractivity contribution >= 4 is 28.6 Å². The van der Waals surface area contributed by atoms with Crippen LogP contribution >= 0.6 is 11.6 Å². The average Bonchev–Trinajstić information content (AvgIpc) is 3.67. The molecule has 1 atom stereocenters. The van der Waals surface area contributed by atoms with Gasteiger partial charge in [0.05, 0.1) is 46.7 Å². The Balaban J connectivity index is 1.07. The summed E-state index contributed by atoms with van der Waals surface area (Å²) >= 11 is 6.03. The van der Waals surface area contributed by atoms with E-state index in [1.807, 2.05) is 37.6 Å². The summed E-state index contributed by atoms with van der Waals surface area (Å²) in [6, 6.07) is 14.8. The van der Waals surface area contributed by atoms with E-state index in [1.165, 1.54) is 0 Å². The lowest BCUT2D eigenvalue weighted by molar-refractivity contribution is -0.0722. The molecule has 2 aromatic carbocycles. The third-order valence-corrected chi connectivity index (χ3v) is 8.52. The summed E-state index contributed by atoms with van der Waals surface area (Å²) in [5, 5.41) is 10.2. The van der Waals surface area contributed by atoms with Gasteiger partial charge in [-0.15, -0.1) is 0 Å². The van der Waals surface area contributed by atoms with Crippen LogP contribution in [0.5, 0.6) is 11.5 Å². The number of benzene rings is 2. The molecule has 2 aliphatic heterocycles. The second kappa shape index (κ2) is 10.7. The number of carboxylic acid groups (broad SMARTS) is 1. The van der Waals surface area contributed by atoms with Crippen LogP contribution in [0.25, 0.3) is 11.0 Å². The number of aryl methyl sites for hydroxylation is 1. The van der Waals surface area contributed by atoms with Crippen molar-refractivity contribution in [3.8, 4) is 11.5 Å². The molecule has 11 heteroatoms. The molecule has 0 aliphatic carbocycles. The standard InChI is InChI=1S/C32H31ClN6O4/c1-3-38-19-34-14-24(38)17-39-26-12-22(31(40)41)7-9-25(26)36-29(39)18-37-15-20(16-37)11-21-5-4-6-27-30(21)43-32(2,42-27)28-10-8-23(33)13-35-28/h4-10,12-14,19-20H,3,11,15-18H2,1-2H3,(H,40,41). The van der Waals surface area contributed by atoms with Crippen LogP contribution in [0, 0.1) is 5.92 Å². The van der Waals surface area contributed by atoms with E-state index >= 15 is 0 Å². The van der Waals surface area contributed by atoms with Gasteiger partial charge < -0.3 is 23.7 Å². The van der Waals surface area contributed by atoms with Crippen molar-refractivity contribution < 1.29 is 19.4 Å². The number of likely N-dealkylation sites (tertiary alicyclic amines) is 1. The normalized spacial score (nSPS) is 18.3. The summed E-state index contributed by atoms with van der Waals surface area (Å²) in [5.41, 5.74) is 4.67. The number of hydrogen-bond acceptors (Lipinski definition) is 7. The Hall–Kier alpha value is -4.41. The number of aromatic carboxylic acids is 1. The Morgan fingerprint density at radius 2 is 1.98 bits per heavy atom. The van der Waals surface area contributed by atoms with Gasteiger partial charge in [0.25, 0.3) is 5.79 Å². The first-order valence-electron chi connectivity index (χ1n) is 14.4. The molecule has 5 heterocycles. The highest BCUT2D eigenvalue weighted by Crippen LogP contribution is 2.46. The number of nitrogens with zero attached hydrogens (tertiary/aromatic N) is 6. The molecule has 43 heavy (non-hydrogen) atoms. The van der Waals surface area contributed by atoms with E-state index in [2.05, 4.69) is 37.0 Å². The zero-order valence-corrected chi connectivity index (χ0v) is 24.7. The number of halogens is 1. The van der Waals surface area contributed by atoms with E-state index < -0.39 is 11.8 Å². The fourth-order valence-electron chi connectivity index (χ4n) is 6.07. The van der Waals surface area contributed by atoms with Crippen molar-refractivity contribution in [2.45, 2.75) is 45.7 Å². The van der Waals surface area contributed by atoms with Gasteiger partial charge in [-0.2, -0.15) is 0 Å². The summed E-state index contributed by atoms with van der Waals surface area (Å²) in [4.78, 5) is 27.8. The zero-order valence-electron chi connectivity index (χ0n) is 23.9. The van der Waals surface area contributed by atoms with Crippen LogP contribution in [0.4, 0.5) is 0 Å². The van der Waals surface area contributed by atoms with Gasteiger partial charge in [0.15, 0.2) is 11.5 Å². The molecular formula is C32H31ClN6O4. The largest absolute Gasteiger partial charge is 0.478 e. The fraction of sp³-hybridized carbons (Fsp3) is 0.312. The van der Waals surface area contributed by atoms with Gasteiger partial charge in [0.1, 0.15) is 11.5 Å². The molecule has 1 N–H and O–H groups in total. The van der Waals surface area contributed by atoms with Crippen LogP contribution in [0.3, 0.4) is 0 Å². The summed E-state index contributed by atoms with van der Waals surface area (Å²) in [7, 11) is 0. The van der Waals surface area contributed by atoms with E-state index in [0.29, 0.717) is 35.5 Å². The van der Waals surface area contributed by atoms with Gasteiger partial charge in [-0.05, 0) is 61.2 Å². The van der Waals surface area contributed by atoms with Crippen molar-refractivity contribution in [2.75, 3.05) is 13.1 Å². The first-order valence-corrected chi connectivity index (χ1v) is 14.7. The number of hydrogen-bond donors (Lipinski definition) is 1. The summed E-state index contributed by atoms with van der Waals surface area (Å²) < 4.78 is 16.8. The second-order valence-electron chi connectivity index (χ2n) is 11.3. The average molecular weight is 599 g/mol. The highest BCUT2D eigenvalue weighted by atomic mass is 35.5. The minimum absolute atomic E-state index is 0.248. The third-order valence-electron chi connectivity index (χ3n) is 8.29. The monoisotopic (exact) mass is 598 g/mol. The number of rotatable bonds is 9. The van der Waals surface area contributed by atoms with Crippen molar-refractivity contribution in [1.82, 2.24) is 29.0 Å². The summed E-state index contributed by atoms with van der Waals surface area (Å²) in [5.74, 6) is 0.878. The number of para-hydroxylation sites is 1. The van der Waals surface area contributed by atoms with E-state index in [-0.39, 0.29) is 5.56 Å². The number of pyridine rings is 1. The lowest BCUT2D eigenvalue weighted by Crippen LogP contribution is -2.47. The Labute approximate surface area is 253 Å². The van der Waals surface area contributed by atoms with Crippen LogP contribution in [0.2, 0.25) is 5.02 Å². The lowest BCUT2D eigenvalue weighted by atomic mass is 9.91. The predicted molar refractivity (Wildman–Crippen MR) is 160 cm³/mol. The SMILES string of the molecule is CCn1cncc1Cn1c(CN2CC(Cc3cccc4c3OC(C)(c3ccc(Cl)cn3)O4)C2)nc2ccc(C(=O)O)cc21. The van der Waals surface area contributed by atoms with Crippen LogP contribution in [-0.2, 0) is 31.8 Å². The molecule has 7 rings (SSSR count). The van der Waals surface area contributed by atoms with Crippen molar-refractivity contribution in [2.24, 2.45) is 5.92 Å². The highest BCUT2D eigenvalue weighted by Gasteiger charge is 2.42. The molecule has 1 saturated heterocycles. The van der Waals surface area contributed by atoms with E-state index in [9.17, 15) is 9.90 Å². The molecule has 0 radical (unpaired) electrons. The van der Waals surface area contributed by atoms with Crippen molar-refractivity contribution in [3.63, 3.8) is 0 Å². The predicted octanol–water partition coefficient (Wildman–Crippen LogP) is 5.37. The second-order valence-corrected chi connectivity index (χ2v) is 11.8.